The van der Waals surface area contributed by atoms with Crippen LogP contribution in [0.3, 0.4) is 0 Å². The van der Waals surface area contributed by atoms with Gasteiger partial charge in [0, 0.05) is 16.1 Å². The molecule has 5 heteroatoms. The van der Waals surface area contributed by atoms with E-state index < -0.39 is 9.05 Å². The summed E-state index contributed by atoms with van der Waals surface area (Å²) in [6.07, 6.45) is 9.13. The van der Waals surface area contributed by atoms with E-state index >= 15 is 0 Å². The Bertz CT molecular complexity index is 387. The number of hydrogen-bond acceptors (Lipinski definition) is 3. The molecule has 2 aliphatic rings. The Morgan fingerprint density at radius 3 is 2.47 bits per heavy atom. The van der Waals surface area contributed by atoms with Crippen LogP contribution in [0.4, 0.5) is 0 Å². The highest BCUT2D eigenvalue weighted by atomic mass is 35.7. The van der Waals surface area contributed by atoms with Gasteiger partial charge in [0.1, 0.15) is 0 Å². The van der Waals surface area contributed by atoms with Crippen molar-refractivity contribution in [3.8, 4) is 0 Å². The predicted octanol–water partition coefficient (Wildman–Crippen LogP) is 3.71. The highest BCUT2D eigenvalue weighted by Gasteiger charge is 2.39. The average molecular weight is 309 g/mol. The fraction of sp³-hybridized carbons (Fsp3) is 1.00. The lowest BCUT2D eigenvalue weighted by Gasteiger charge is -2.32. The Balaban J connectivity index is 1.90. The first-order valence-corrected chi connectivity index (χ1v) is 9.90. The molecule has 0 amide bonds. The van der Waals surface area contributed by atoms with Crippen LogP contribution in [0, 0.1) is 11.3 Å². The van der Waals surface area contributed by atoms with E-state index in [4.69, 9.17) is 15.4 Å². The molecule has 2 fully saturated rings. The molecule has 0 bridgehead atoms. The molecule has 112 valence electrons. The van der Waals surface area contributed by atoms with Crippen LogP contribution in [0.25, 0.3) is 0 Å². The highest BCUT2D eigenvalue weighted by molar-refractivity contribution is 8.13. The molecule has 0 N–H and O–H groups in total. The quantitative estimate of drug-likeness (QED) is 0.727. The standard InChI is InChI=1S/C14H25ClO3S/c1-12-5-4-6-13(9-12)18-10-14(7-2-3-8-14)11-19(15,16)17/h12-13H,2-11H2,1H3. The molecular formula is C14H25ClO3S. The van der Waals surface area contributed by atoms with Crippen molar-refractivity contribution in [2.45, 2.75) is 64.4 Å². The van der Waals surface area contributed by atoms with Crippen LogP contribution in [0.1, 0.15) is 58.3 Å². The molecule has 2 unspecified atom stereocenters. The maximum Gasteiger partial charge on any atom is 0.233 e. The van der Waals surface area contributed by atoms with Gasteiger partial charge in [-0.25, -0.2) is 8.42 Å². The number of ether oxygens (including phenoxy) is 1. The van der Waals surface area contributed by atoms with Crippen molar-refractivity contribution in [2.24, 2.45) is 11.3 Å². The maximum atomic E-state index is 11.4. The van der Waals surface area contributed by atoms with E-state index in [2.05, 4.69) is 6.92 Å². The summed E-state index contributed by atoms with van der Waals surface area (Å²) >= 11 is 0. The lowest BCUT2D eigenvalue weighted by molar-refractivity contribution is -0.0259. The average Bonchev–Trinajstić information content (AvgIpc) is 2.73. The molecule has 2 atom stereocenters. The number of halogens is 1. The Labute approximate surface area is 121 Å². The molecule has 2 rings (SSSR count). The Hall–Kier alpha value is 0.200. The zero-order chi connectivity index (χ0) is 13.9. The van der Waals surface area contributed by atoms with Gasteiger partial charge in [-0.2, -0.15) is 0 Å². The monoisotopic (exact) mass is 308 g/mol. The fourth-order valence-corrected chi connectivity index (χ4v) is 5.44. The van der Waals surface area contributed by atoms with Crippen molar-refractivity contribution in [3.05, 3.63) is 0 Å². The largest absolute Gasteiger partial charge is 0.378 e. The van der Waals surface area contributed by atoms with Crippen molar-refractivity contribution < 1.29 is 13.2 Å². The summed E-state index contributed by atoms with van der Waals surface area (Å²) in [6.45, 7) is 2.83. The number of hydrogen-bond donors (Lipinski definition) is 0. The summed E-state index contributed by atoms with van der Waals surface area (Å²) in [5, 5.41) is 0. The van der Waals surface area contributed by atoms with Gasteiger partial charge in [-0.15, -0.1) is 0 Å². The summed E-state index contributed by atoms with van der Waals surface area (Å²) in [4.78, 5) is 0. The smallest absolute Gasteiger partial charge is 0.233 e. The molecule has 0 aliphatic heterocycles. The third kappa shape index (κ3) is 4.91. The van der Waals surface area contributed by atoms with Crippen LogP contribution in [-0.2, 0) is 13.8 Å². The van der Waals surface area contributed by atoms with Gasteiger partial charge < -0.3 is 4.74 Å². The predicted molar refractivity (Wildman–Crippen MR) is 77.9 cm³/mol. The highest BCUT2D eigenvalue weighted by Crippen LogP contribution is 2.41. The molecule has 0 saturated heterocycles. The van der Waals surface area contributed by atoms with Gasteiger partial charge in [0.25, 0.3) is 0 Å². The summed E-state index contributed by atoms with van der Waals surface area (Å²) in [6, 6.07) is 0. The second kappa shape index (κ2) is 6.31. The molecule has 0 aromatic rings. The van der Waals surface area contributed by atoms with Crippen LogP contribution in [0.5, 0.6) is 0 Å². The lowest BCUT2D eigenvalue weighted by Crippen LogP contribution is -2.34. The van der Waals surface area contributed by atoms with E-state index in [0.29, 0.717) is 12.7 Å². The van der Waals surface area contributed by atoms with E-state index in [1.54, 1.807) is 0 Å². The number of rotatable bonds is 5. The Morgan fingerprint density at radius 2 is 1.89 bits per heavy atom. The normalized spacial score (nSPS) is 31.5. The van der Waals surface area contributed by atoms with Gasteiger partial charge in [-0.3, -0.25) is 0 Å². The van der Waals surface area contributed by atoms with E-state index in [9.17, 15) is 8.42 Å². The van der Waals surface area contributed by atoms with Crippen LogP contribution in [0.2, 0.25) is 0 Å². The van der Waals surface area contributed by atoms with Crippen molar-refractivity contribution in [1.82, 2.24) is 0 Å². The van der Waals surface area contributed by atoms with E-state index in [1.165, 1.54) is 12.8 Å². The van der Waals surface area contributed by atoms with E-state index in [0.717, 1.165) is 44.4 Å². The van der Waals surface area contributed by atoms with Crippen LogP contribution < -0.4 is 0 Å². The van der Waals surface area contributed by atoms with Crippen LogP contribution >= 0.6 is 10.7 Å². The zero-order valence-corrected chi connectivity index (χ0v) is 13.3. The molecule has 0 aromatic heterocycles. The van der Waals surface area contributed by atoms with Gasteiger partial charge in [-0.1, -0.05) is 32.6 Å². The minimum atomic E-state index is -3.44. The van der Waals surface area contributed by atoms with E-state index in [-0.39, 0.29) is 11.2 Å². The molecule has 3 nitrogen and oxygen atoms in total. The van der Waals surface area contributed by atoms with Gasteiger partial charge >= 0.3 is 0 Å². The second-order valence-electron chi connectivity index (χ2n) is 6.60. The Morgan fingerprint density at radius 1 is 1.21 bits per heavy atom. The van der Waals surface area contributed by atoms with Crippen LogP contribution in [-0.4, -0.2) is 26.9 Å². The first-order chi connectivity index (χ1) is 8.89. The first kappa shape index (κ1) is 15.6. The third-order valence-electron chi connectivity index (χ3n) is 4.66. The van der Waals surface area contributed by atoms with E-state index in [1.807, 2.05) is 0 Å². The Kier molecular flexibility index (Phi) is 5.18. The van der Waals surface area contributed by atoms with Crippen molar-refractivity contribution >= 4 is 19.7 Å². The van der Waals surface area contributed by atoms with Gasteiger partial charge in [0.15, 0.2) is 0 Å². The third-order valence-corrected chi connectivity index (χ3v) is 5.94. The van der Waals surface area contributed by atoms with Gasteiger partial charge in [0.05, 0.1) is 18.5 Å². The molecule has 0 spiro atoms. The summed E-state index contributed by atoms with van der Waals surface area (Å²) in [7, 11) is 2.03. The SMILES string of the molecule is CC1CCCC(OCC2(CS(=O)(=O)Cl)CCCC2)C1. The maximum absolute atomic E-state index is 11.4. The van der Waals surface area contributed by atoms with Crippen molar-refractivity contribution in [3.63, 3.8) is 0 Å². The molecule has 0 heterocycles. The molecule has 2 aliphatic carbocycles. The fourth-order valence-electron chi connectivity index (χ4n) is 3.65. The van der Waals surface area contributed by atoms with Crippen LogP contribution in [0.15, 0.2) is 0 Å². The molecule has 0 aromatic carbocycles. The second-order valence-corrected chi connectivity index (χ2v) is 9.37. The van der Waals surface area contributed by atoms with Gasteiger partial charge in [-0.05, 0) is 31.6 Å². The zero-order valence-electron chi connectivity index (χ0n) is 11.7. The minimum Gasteiger partial charge on any atom is -0.378 e. The lowest BCUT2D eigenvalue weighted by atomic mass is 9.87. The minimum absolute atomic E-state index is 0.0732. The van der Waals surface area contributed by atoms with Gasteiger partial charge in [0.2, 0.25) is 9.05 Å². The van der Waals surface area contributed by atoms with Crippen molar-refractivity contribution in [2.75, 3.05) is 12.4 Å². The summed E-state index contributed by atoms with van der Waals surface area (Å²) in [5.74, 6) is 0.805. The molecule has 19 heavy (non-hydrogen) atoms. The first-order valence-electron chi connectivity index (χ1n) is 7.43. The molecule has 2 saturated carbocycles. The topological polar surface area (TPSA) is 43.4 Å². The summed E-state index contributed by atoms with van der Waals surface area (Å²) < 4.78 is 28.9. The summed E-state index contributed by atoms with van der Waals surface area (Å²) in [5.41, 5.74) is -0.221. The molecule has 0 radical (unpaired) electrons. The van der Waals surface area contributed by atoms with Crippen molar-refractivity contribution in [1.29, 1.82) is 0 Å². The molecular weight excluding hydrogens is 284 g/mol.